The Kier molecular flexibility index (Phi) is 3.79. The first-order valence-electron chi connectivity index (χ1n) is 5.58. The van der Waals surface area contributed by atoms with Crippen LogP contribution in [0.25, 0.3) is 0 Å². The first-order chi connectivity index (χ1) is 9.49. The number of anilines is 1. The van der Waals surface area contributed by atoms with Gasteiger partial charge in [-0.3, -0.25) is 10.1 Å². The van der Waals surface area contributed by atoms with Crippen molar-refractivity contribution in [2.45, 2.75) is 6.61 Å². The third kappa shape index (κ3) is 2.82. The van der Waals surface area contributed by atoms with Crippen molar-refractivity contribution in [2.75, 3.05) is 5.73 Å². The Labute approximate surface area is 112 Å². The maximum atomic E-state index is 13.4. The van der Waals surface area contributed by atoms with Crippen molar-refractivity contribution in [2.24, 2.45) is 0 Å². The molecule has 0 bridgehead atoms. The fraction of sp³-hybridized carbons (Fsp3) is 0.0769. The van der Waals surface area contributed by atoms with Gasteiger partial charge in [-0.05, 0) is 18.2 Å². The van der Waals surface area contributed by atoms with E-state index in [-0.39, 0.29) is 23.7 Å². The Morgan fingerprint density at radius 1 is 1.25 bits per heavy atom. The molecule has 0 heterocycles. The van der Waals surface area contributed by atoms with Crippen molar-refractivity contribution in [3.05, 3.63) is 63.7 Å². The number of nitro benzene ring substituents is 1. The predicted octanol–water partition coefficient (Wildman–Crippen LogP) is 3.03. The van der Waals surface area contributed by atoms with Gasteiger partial charge < -0.3 is 10.5 Å². The van der Waals surface area contributed by atoms with Crippen LogP contribution in [-0.2, 0) is 6.61 Å². The second-order valence-electron chi connectivity index (χ2n) is 3.98. The van der Waals surface area contributed by atoms with Crippen molar-refractivity contribution < 1.29 is 18.4 Å². The van der Waals surface area contributed by atoms with E-state index in [0.29, 0.717) is 5.56 Å². The van der Waals surface area contributed by atoms with Gasteiger partial charge in [0, 0.05) is 23.4 Å². The van der Waals surface area contributed by atoms with Crippen LogP contribution >= 0.6 is 0 Å². The largest absolute Gasteiger partial charge is 0.486 e. The number of hydrogen-bond acceptors (Lipinski definition) is 4. The molecule has 0 atom stereocenters. The number of ether oxygens (including phenoxy) is 1. The zero-order valence-electron chi connectivity index (χ0n) is 10.2. The molecule has 0 radical (unpaired) electrons. The molecule has 0 aromatic heterocycles. The topological polar surface area (TPSA) is 78.4 Å². The summed E-state index contributed by atoms with van der Waals surface area (Å²) < 4.78 is 31.5. The molecular formula is C13H10F2N2O3. The Bertz CT molecular complexity index is 662. The summed E-state index contributed by atoms with van der Waals surface area (Å²) in [4.78, 5) is 10.1. The second kappa shape index (κ2) is 5.52. The van der Waals surface area contributed by atoms with Gasteiger partial charge in [-0.25, -0.2) is 4.39 Å². The summed E-state index contributed by atoms with van der Waals surface area (Å²) in [5, 5.41) is 10.7. The average Bonchev–Trinajstić information content (AvgIpc) is 2.41. The third-order valence-electron chi connectivity index (χ3n) is 2.64. The van der Waals surface area contributed by atoms with Crippen LogP contribution in [0.3, 0.4) is 0 Å². The predicted molar refractivity (Wildman–Crippen MR) is 68.2 cm³/mol. The van der Waals surface area contributed by atoms with Crippen LogP contribution in [0, 0.1) is 21.7 Å². The van der Waals surface area contributed by atoms with E-state index < -0.39 is 16.6 Å². The van der Waals surface area contributed by atoms with Crippen LogP contribution in [0.15, 0.2) is 36.4 Å². The lowest BCUT2D eigenvalue weighted by atomic mass is 10.1. The molecule has 2 aromatic carbocycles. The van der Waals surface area contributed by atoms with E-state index in [2.05, 4.69) is 0 Å². The van der Waals surface area contributed by atoms with Gasteiger partial charge in [0.25, 0.3) is 5.69 Å². The van der Waals surface area contributed by atoms with Crippen LogP contribution in [-0.4, -0.2) is 4.92 Å². The number of rotatable bonds is 4. The fourth-order valence-corrected chi connectivity index (χ4v) is 1.58. The zero-order chi connectivity index (χ0) is 14.7. The summed E-state index contributed by atoms with van der Waals surface area (Å²) in [5.74, 6) is -2.43. The molecule has 0 spiro atoms. The number of nitrogens with two attached hydrogens (primary N) is 1. The maximum Gasteiger partial charge on any atom is 0.269 e. The Balaban J connectivity index is 2.20. The highest BCUT2D eigenvalue weighted by Crippen LogP contribution is 2.24. The van der Waals surface area contributed by atoms with Crippen LogP contribution in [0.1, 0.15) is 5.56 Å². The molecule has 0 amide bonds. The molecule has 0 saturated carbocycles. The van der Waals surface area contributed by atoms with Gasteiger partial charge in [0.05, 0.1) is 4.92 Å². The summed E-state index contributed by atoms with van der Waals surface area (Å²) in [6, 6.07) is 7.35. The molecule has 0 aliphatic rings. The number of benzene rings is 2. The van der Waals surface area contributed by atoms with Crippen molar-refractivity contribution in [1.82, 2.24) is 0 Å². The lowest BCUT2D eigenvalue weighted by Gasteiger charge is -2.09. The normalized spacial score (nSPS) is 10.3. The Hall–Kier alpha value is -2.70. The maximum absolute atomic E-state index is 13.4. The van der Waals surface area contributed by atoms with E-state index in [1.54, 1.807) is 0 Å². The molecular weight excluding hydrogens is 270 g/mol. The van der Waals surface area contributed by atoms with Gasteiger partial charge in [0.1, 0.15) is 6.61 Å². The Morgan fingerprint density at radius 2 is 2.00 bits per heavy atom. The summed E-state index contributed by atoms with van der Waals surface area (Å²) in [6.45, 7) is -0.201. The van der Waals surface area contributed by atoms with Gasteiger partial charge in [0.2, 0.25) is 5.82 Å². The van der Waals surface area contributed by atoms with Gasteiger partial charge in [-0.1, -0.05) is 6.07 Å². The first kappa shape index (κ1) is 13.7. The van der Waals surface area contributed by atoms with E-state index in [1.165, 1.54) is 30.3 Å². The summed E-state index contributed by atoms with van der Waals surface area (Å²) in [6.07, 6.45) is 0. The highest BCUT2D eigenvalue weighted by Gasteiger charge is 2.12. The summed E-state index contributed by atoms with van der Waals surface area (Å²) in [7, 11) is 0. The van der Waals surface area contributed by atoms with Crippen molar-refractivity contribution in [3.63, 3.8) is 0 Å². The van der Waals surface area contributed by atoms with Crippen LogP contribution < -0.4 is 10.5 Å². The highest BCUT2D eigenvalue weighted by atomic mass is 19.2. The molecule has 0 aliphatic heterocycles. The minimum absolute atomic E-state index is 0.155. The van der Waals surface area contributed by atoms with Gasteiger partial charge in [0.15, 0.2) is 11.6 Å². The van der Waals surface area contributed by atoms with Gasteiger partial charge in [-0.15, -0.1) is 0 Å². The molecule has 0 fully saturated rings. The lowest BCUT2D eigenvalue weighted by Crippen LogP contribution is -2.03. The lowest BCUT2D eigenvalue weighted by molar-refractivity contribution is -0.384. The smallest absolute Gasteiger partial charge is 0.269 e. The zero-order valence-corrected chi connectivity index (χ0v) is 10.2. The molecule has 7 heteroatoms. The molecule has 20 heavy (non-hydrogen) atoms. The number of nitrogen functional groups attached to an aromatic ring is 1. The van der Waals surface area contributed by atoms with Crippen molar-refractivity contribution >= 4 is 11.4 Å². The quantitative estimate of drug-likeness (QED) is 0.530. The second-order valence-corrected chi connectivity index (χ2v) is 3.98. The van der Waals surface area contributed by atoms with E-state index in [0.717, 1.165) is 6.07 Å². The number of nitro groups is 1. The fourth-order valence-electron chi connectivity index (χ4n) is 1.58. The van der Waals surface area contributed by atoms with E-state index in [4.69, 9.17) is 10.5 Å². The molecule has 0 unspecified atom stereocenters. The van der Waals surface area contributed by atoms with E-state index >= 15 is 0 Å². The van der Waals surface area contributed by atoms with Gasteiger partial charge in [-0.2, -0.15) is 4.39 Å². The number of nitrogens with zero attached hydrogens (tertiary/aromatic N) is 1. The number of non-ortho nitro benzene ring substituents is 1. The minimum Gasteiger partial charge on any atom is -0.486 e. The minimum atomic E-state index is -1.11. The average molecular weight is 280 g/mol. The molecule has 2 N–H and O–H groups in total. The number of hydrogen-bond donors (Lipinski definition) is 1. The van der Waals surface area contributed by atoms with Crippen LogP contribution in [0.2, 0.25) is 0 Å². The molecule has 2 aromatic rings. The van der Waals surface area contributed by atoms with E-state index in [1.807, 2.05) is 0 Å². The van der Waals surface area contributed by atoms with E-state index in [9.17, 15) is 18.9 Å². The monoisotopic (exact) mass is 280 g/mol. The molecule has 5 nitrogen and oxygen atoms in total. The van der Waals surface area contributed by atoms with Crippen molar-refractivity contribution in [3.8, 4) is 5.75 Å². The number of halogens is 2. The Morgan fingerprint density at radius 3 is 2.70 bits per heavy atom. The first-order valence-corrected chi connectivity index (χ1v) is 5.58. The summed E-state index contributed by atoms with van der Waals surface area (Å²) >= 11 is 0. The third-order valence-corrected chi connectivity index (χ3v) is 2.64. The molecule has 0 saturated heterocycles. The molecule has 2 rings (SSSR count). The highest BCUT2D eigenvalue weighted by molar-refractivity contribution is 5.52. The van der Waals surface area contributed by atoms with Crippen LogP contribution in [0.5, 0.6) is 5.75 Å². The molecule has 0 aliphatic carbocycles. The van der Waals surface area contributed by atoms with Crippen LogP contribution in [0.4, 0.5) is 20.2 Å². The summed E-state index contributed by atoms with van der Waals surface area (Å²) in [5.41, 5.74) is 6.09. The molecule has 104 valence electrons. The van der Waals surface area contributed by atoms with Gasteiger partial charge >= 0.3 is 0 Å². The standard InChI is InChI=1S/C13H10F2N2O3/c14-10-2-1-3-12(13(10)15)20-7-8-6-9(17(18)19)4-5-11(8)16/h1-6H,7,16H2. The van der Waals surface area contributed by atoms with Crippen molar-refractivity contribution in [1.29, 1.82) is 0 Å². The SMILES string of the molecule is Nc1ccc([N+](=O)[O-])cc1COc1cccc(F)c1F.